The van der Waals surface area contributed by atoms with Gasteiger partial charge in [-0.15, -0.1) is 0 Å². The normalized spacial score (nSPS) is 13.6. The van der Waals surface area contributed by atoms with Gasteiger partial charge in [-0.25, -0.2) is 17.5 Å². The van der Waals surface area contributed by atoms with E-state index in [1.165, 1.54) is 25.1 Å². The molecule has 1 atom stereocenters. The fraction of sp³-hybridized carbons (Fsp3) is 0.391. The molecule has 1 unspecified atom stereocenters. The molecule has 0 fully saturated rings. The lowest BCUT2D eigenvalue weighted by Gasteiger charge is -2.30. The summed E-state index contributed by atoms with van der Waals surface area (Å²) in [6, 6.07) is 4.60. The fourth-order valence-corrected chi connectivity index (χ4v) is 5.63. The lowest BCUT2D eigenvalue weighted by atomic mass is 9.92. The lowest BCUT2D eigenvalue weighted by Crippen LogP contribution is -2.50. The van der Waals surface area contributed by atoms with Crippen molar-refractivity contribution in [1.82, 2.24) is 10.0 Å². The molecule has 0 spiro atoms. The van der Waals surface area contributed by atoms with Gasteiger partial charge in [0.15, 0.2) is 0 Å². The van der Waals surface area contributed by atoms with Gasteiger partial charge in [-0.2, -0.15) is 26.3 Å². The number of sulfonamides is 1. The number of halogens is 8. The summed E-state index contributed by atoms with van der Waals surface area (Å²) in [5.41, 5.74) is -8.25. The number of rotatable bonds is 9. The zero-order valence-electron chi connectivity index (χ0n) is 20.5. The fourth-order valence-electron chi connectivity index (χ4n) is 3.59. The molecule has 0 heterocycles. The quantitative estimate of drug-likeness (QED) is 0.248. The number of aryl methyl sites for hydroxylation is 1. The predicted octanol–water partition coefficient (Wildman–Crippen LogP) is 5.20. The monoisotopic (exact) mass is 697 g/mol. The molecule has 0 aliphatic heterocycles. The third-order valence-electron chi connectivity index (χ3n) is 5.35. The molecule has 0 bridgehead atoms. The second-order valence-corrected chi connectivity index (χ2v) is 11.5. The minimum absolute atomic E-state index is 0.142. The first-order chi connectivity index (χ1) is 17.7. The Bertz CT molecular complexity index is 1330. The smallest absolute Gasteiger partial charge is 0.348 e. The maximum Gasteiger partial charge on any atom is 0.435 e. The number of carbonyl (C=O) groups is 2. The number of benzene rings is 2. The second-order valence-electron chi connectivity index (χ2n) is 8.45. The first kappa shape index (κ1) is 32.7. The van der Waals surface area contributed by atoms with E-state index in [1.807, 2.05) is 0 Å². The molecule has 216 valence electrons. The van der Waals surface area contributed by atoms with Crippen LogP contribution in [0.5, 0.6) is 0 Å². The zero-order valence-corrected chi connectivity index (χ0v) is 23.5. The van der Waals surface area contributed by atoms with Gasteiger partial charge in [-0.3, -0.25) is 9.59 Å². The van der Waals surface area contributed by atoms with Crippen molar-refractivity contribution in [1.29, 1.82) is 0 Å². The van der Waals surface area contributed by atoms with Crippen LogP contribution in [-0.2, 0) is 15.7 Å². The number of hydrogen-bond acceptors (Lipinski definition) is 4. The van der Waals surface area contributed by atoms with E-state index in [4.69, 9.17) is 0 Å². The topological polar surface area (TPSA) is 104 Å². The van der Waals surface area contributed by atoms with Gasteiger partial charge in [-0.1, -0.05) is 25.1 Å². The maximum absolute atomic E-state index is 14.4. The van der Waals surface area contributed by atoms with E-state index in [0.717, 1.165) is 6.92 Å². The van der Waals surface area contributed by atoms with E-state index < -0.39 is 57.2 Å². The average Bonchev–Trinajstić information content (AvgIpc) is 2.77. The Morgan fingerprint density at radius 1 is 0.974 bits per heavy atom. The van der Waals surface area contributed by atoms with Gasteiger partial charge >= 0.3 is 18.0 Å². The van der Waals surface area contributed by atoms with E-state index in [9.17, 15) is 48.7 Å². The molecule has 16 heteroatoms. The highest BCUT2D eigenvalue weighted by Gasteiger charge is 2.73. The van der Waals surface area contributed by atoms with E-state index in [0.29, 0.717) is 12.1 Å². The highest BCUT2D eigenvalue weighted by atomic mass is 127. The van der Waals surface area contributed by atoms with Crippen LogP contribution >= 0.6 is 22.6 Å². The number of hydrogen-bond donors (Lipinski definition) is 3. The van der Waals surface area contributed by atoms with Crippen LogP contribution in [0, 0.1) is 10.5 Å². The van der Waals surface area contributed by atoms with Gasteiger partial charge < -0.3 is 10.6 Å². The van der Waals surface area contributed by atoms with Crippen LogP contribution in [0.4, 0.5) is 36.4 Å². The molecule has 2 aromatic rings. The van der Waals surface area contributed by atoms with Crippen LogP contribution < -0.4 is 15.4 Å². The van der Waals surface area contributed by atoms with Crippen molar-refractivity contribution in [2.45, 2.75) is 44.8 Å². The molecule has 7 nitrogen and oxygen atoms in total. The van der Waals surface area contributed by atoms with Gasteiger partial charge in [0.2, 0.25) is 10.0 Å². The molecule has 2 rings (SSSR count). The summed E-state index contributed by atoms with van der Waals surface area (Å²) in [5.74, 6) is -2.19. The Morgan fingerprint density at radius 3 is 2.08 bits per heavy atom. The molecule has 0 aliphatic rings. The summed E-state index contributed by atoms with van der Waals surface area (Å²) in [5, 5.41) is 4.78. The predicted molar refractivity (Wildman–Crippen MR) is 138 cm³/mol. The van der Waals surface area contributed by atoms with Crippen LogP contribution in [0.15, 0.2) is 36.4 Å². The summed E-state index contributed by atoms with van der Waals surface area (Å²) in [6.07, 6.45) is -12.6. The van der Waals surface area contributed by atoms with Crippen molar-refractivity contribution in [3.8, 4) is 0 Å². The maximum atomic E-state index is 14.4. The first-order valence-corrected chi connectivity index (χ1v) is 13.8. The Balaban J connectivity index is 2.37. The largest absolute Gasteiger partial charge is 0.435 e. The zero-order chi connectivity index (χ0) is 30.0. The van der Waals surface area contributed by atoms with E-state index in [-0.39, 0.29) is 38.6 Å². The average molecular weight is 697 g/mol. The van der Waals surface area contributed by atoms with Crippen LogP contribution in [0.1, 0.15) is 45.7 Å². The van der Waals surface area contributed by atoms with E-state index >= 15 is 0 Å². The minimum atomic E-state index is -6.30. The Kier molecular flexibility index (Phi) is 10.0. The van der Waals surface area contributed by atoms with Gasteiger partial charge in [0, 0.05) is 27.4 Å². The van der Waals surface area contributed by atoms with Crippen LogP contribution in [0.2, 0.25) is 0 Å². The molecule has 2 aromatic carbocycles. The minimum Gasteiger partial charge on any atom is -0.348 e. The SMILES string of the molecule is CCNS(=O)(=O)CC(C)NC(=O)c1cccc(I)c1C(=O)Nc1ccc(C(F)(C(F)(F)F)C(F)(F)F)cc1C. The number of nitrogens with one attached hydrogen (secondary N) is 3. The summed E-state index contributed by atoms with van der Waals surface area (Å²) >= 11 is 1.74. The number of alkyl halides is 7. The first-order valence-electron chi connectivity index (χ1n) is 11.1. The van der Waals surface area contributed by atoms with Crippen molar-refractivity contribution in [3.05, 3.63) is 62.2 Å². The summed E-state index contributed by atoms with van der Waals surface area (Å²) in [4.78, 5) is 26.0. The van der Waals surface area contributed by atoms with Crippen molar-refractivity contribution >= 4 is 50.1 Å². The molecule has 0 saturated heterocycles. The summed E-state index contributed by atoms with van der Waals surface area (Å²) < 4.78 is 119. The molecule has 39 heavy (non-hydrogen) atoms. The van der Waals surface area contributed by atoms with Crippen LogP contribution in [0.3, 0.4) is 0 Å². The number of amides is 2. The van der Waals surface area contributed by atoms with Crippen LogP contribution in [-0.4, -0.2) is 50.9 Å². The third kappa shape index (κ3) is 7.39. The molecular formula is C23H23F7IN3O4S. The van der Waals surface area contributed by atoms with Gasteiger partial charge in [0.1, 0.15) is 0 Å². The molecule has 3 N–H and O–H groups in total. The molecule has 0 aliphatic carbocycles. The van der Waals surface area contributed by atoms with Crippen molar-refractivity contribution < 1.29 is 48.7 Å². The molecule has 2 amide bonds. The summed E-state index contributed by atoms with van der Waals surface area (Å²) in [6.45, 7) is 4.22. The van der Waals surface area contributed by atoms with Crippen molar-refractivity contribution in [2.24, 2.45) is 0 Å². The van der Waals surface area contributed by atoms with E-state index in [1.54, 1.807) is 29.5 Å². The molecule has 0 aromatic heterocycles. The van der Waals surface area contributed by atoms with E-state index in [2.05, 4.69) is 15.4 Å². The Hall–Kier alpha value is -2.47. The molecule has 0 radical (unpaired) electrons. The van der Waals surface area contributed by atoms with Crippen molar-refractivity contribution in [2.75, 3.05) is 17.6 Å². The standard InChI is InChI=1S/C23H23F7IN3O4S/c1-4-32-39(37,38)11-13(3)33-19(35)15-6-5-7-16(31)18(15)20(36)34-17-9-8-14(10-12(17)2)21(24,22(25,26)27)23(28,29)30/h5-10,13,32H,4,11H2,1-3H3,(H,33,35)(H,34,36). The Morgan fingerprint density at radius 2 is 1.56 bits per heavy atom. The number of anilines is 1. The second kappa shape index (κ2) is 12.0. The van der Waals surface area contributed by atoms with Gasteiger partial charge in [0.05, 0.1) is 16.9 Å². The van der Waals surface area contributed by atoms with Crippen molar-refractivity contribution in [3.63, 3.8) is 0 Å². The molecular weight excluding hydrogens is 674 g/mol. The van der Waals surface area contributed by atoms with Gasteiger partial charge in [0.25, 0.3) is 11.8 Å². The molecule has 0 saturated carbocycles. The van der Waals surface area contributed by atoms with Crippen LogP contribution in [0.25, 0.3) is 0 Å². The Labute approximate surface area is 233 Å². The highest BCUT2D eigenvalue weighted by Crippen LogP contribution is 2.53. The summed E-state index contributed by atoms with van der Waals surface area (Å²) in [7, 11) is -3.68. The van der Waals surface area contributed by atoms with Gasteiger partial charge in [-0.05, 0) is 60.2 Å². The number of carbonyl (C=O) groups excluding carboxylic acids is 2. The third-order valence-corrected chi connectivity index (χ3v) is 7.92. The highest BCUT2D eigenvalue weighted by molar-refractivity contribution is 14.1. The lowest BCUT2D eigenvalue weighted by molar-refractivity contribution is -0.348.